The highest BCUT2D eigenvalue weighted by Gasteiger charge is 2.26. The Bertz CT molecular complexity index is 491. The van der Waals surface area contributed by atoms with Gasteiger partial charge in [0.2, 0.25) is 0 Å². The molecule has 0 aliphatic carbocycles. The summed E-state index contributed by atoms with van der Waals surface area (Å²) in [6, 6.07) is 5.95. The minimum Gasteiger partial charge on any atom is -0.497 e. The summed E-state index contributed by atoms with van der Waals surface area (Å²) in [7, 11) is 5.75. The summed E-state index contributed by atoms with van der Waals surface area (Å²) in [5, 5.41) is 0. The maximum absolute atomic E-state index is 12.7. The molecule has 0 N–H and O–H groups in total. The lowest BCUT2D eigenvalue weighted by Gasteiger charge is -2.36. The van der Waals surface area contributed by atoms with Crippen molar-refractivity contribution in [2.75, 3.05) is 34.3 Å². The monoisotopic (exact) mass is 340 g/mol. The molecule has 0 radical (unpaired) electrons. The number of likely N-dealkylation sites (N-methyl/N-ethyl adjacent to an activating group) is 1. The van der Waals surface area contributed by atoms with Gasteiger partial charge in [-0.1, -0.05) is 0 Å². The summed E-state index contributed by atoms with van der Waals surface area (Å²) in [5.74, 6) is 0.778. The largest absolute Gasteiger partial charge is 0.497 e. The molecular weight excluding hydrogens is 320 g/mol. The van der Waals surface area contributed by atoms with Gasteiger partial charge in [0.15, 0.2) is 0 Å². The zero-order chi connectivity index (χ0) is 14.7. The lowest BCUT2D eigenvalue weighted by molar-refractivity contribution is 0.0634. The van der Waals surface area contributed by atoms with Gasteiger partial charge in [0.05, 0.1) is 12.7 Å². The first kappa shape index (κ1) is 15.3. The van der Waals surface area contributed by atoms with Crippen LogP contribution in [0.3, 0.4) is 0 Å². The number of amides is 1. The molecule has 1 atom stereocenters. The van der Waals surface area contributed by atoms with Crippen LogP contribution in [0.25, 0.3) is 0 Å². The summed E-state index contributed by atoms with van der Waals surface area (Å²) in [4.78, 5) is 16.8. The second kappa shape index (κ2) is 6.59. The van der Waals surface area contributed by atoms with E-state index in [0.717, 1.165) is 30.4 Å². The quantitative estimate of drug-likeness (QED) is 0.847. The molecule has 20 heavy (non-hydrogen) atoms. The first-order chi connectivity index (χ1) is 9.52. The van der Waals surface area contributed by atoms with E-state index in [2.05, 4.69) is 34.9 Å². The zero-order valence-electron chi connectivity index (χ0n) is 12.2. The summed E-state index contributed by atoms with van der Waals surface area (Å²) in [6.07, 6.45) is 2.20. The van der Waals surface area contributed by atoms with Crippen molar-refractivity contribution in [3.05, 3.63) is 28.2 Å². The Morgan fingerprint density at radius 1 is 1.45 bits per heavy atom. The van der Waals surface area contributed by atoms with Crippen LogP contribution >= 0.6 is 15.9 Å². The van der Waals surface area contributed by atoms with Gasteiger partial charge in [0, 0.05) is 23.6 Å². The number of hydrogen-bond donors (Lipinski definition) is 0. The van der Waals surface area contributed by atoms with Gasteiger partial charge in [-0.3, -0.25) is 4.79 Å². The van der Waals surface area contributed by atoms with E-state index in [1.165, 1.54) is 0 Å². The number of hydrogen-bond acceptors (Lipinski definition) is 3. The van der Waals surface area contributed by atoms with E-state index >= 15 is 0 Å². The van der Waals surface area contributed by atoms with Gasteiger partial charge in [-0.25, -0.2) is 0 Å². The molecule has 0 bridgehead atoms. The third-order valence-corrected chi connectivity index (χ3v) is 4.51. The van der Waals surface area contributed by atoms with Crippen LogP contribution in [0.1, 0.15) is 23.2 Å². The highest BCUT2D eigenvalue weighted by Crippen LogP contribution is 2.25. The minimum absolute atomic E-state index is 0.0716. The Kier molecular flexibility index (Phi) is 5.05. The summed E-state index contributed by atoms with van der Waals surface area (Å²) < 4.78 is 6.02. The molecule has 5 heteroatoms. The first-order valence-corrected chi connectivity index (χ1v) is 7.61. The average Bonchev–Trinajstić information content (AvgIpc) is 2.47. The van der Waals surface area contributed by atoms with Crippen LogP contribution in [-0.4, -0.2) is 56.0 Å². The molecular formula is C15H21BrN2O2. The lowest BCUT2D eigenvalue weighted by atomic mass is 10.0. The third-order valence-electron chi connectivity index (χ3n) is 3.82. The average molecular weight is 341 g/mol. The summed E-state index contributed by atoms with van der Waals surface area (Å²) in [6.45, 7) is 1.61. The molecule has 4 nitrogen and oxygen atoms in total. The van der Waals surface area contributed by atoms with Gasteiger partial charge in [0.1, 0.15) is 5.75 Å². The molecule has 110 valence electrons. The highest BCUT2D eigenvalue weighted by molar-refractivity contribution is 9.10. The molecule has 0 aromatic heterocycles. The van der Waals surface area contributed by atoms with Gasteiger partial charge < -0.3 is 14.5 Å². The van der Waals surface area contributed by atoms with Crippen LogP contribution in [0.5, 0.6) is 5.75 Å². The van der Waals surface area contributed by atoms with Gasteiger partial charge in [0.25, 0.3) is 5.91 Å². The second-order valence-electron chi connectivity index (χ2n) is 5.36. The van der Waals surface area contributed by atoms with E-state index in [0.29, 0.717) is 17.4 Å². The van der Waals surface area contributed by atoms with Crippen LogP contribution in [-0.2, 0) is 0 Å². The summed E-state index contributed by atoms with van der Waals surface area (Å²) in [5.41, 5.74) is 0.670. The van der Waals surface area contributed by atoms with E-state index in [9.17, 15) is 4.79 Å². The van der Waals surface area contributed by atoms with Gasteiger partial charge in [-0.2, -0.15) is 0 Å². The fourth-order valence-electron chi connectivity index (χ4n) is 2.53. The van der Waals surface area contributed by atoms with Gasteiger partial charge in [-0.15, -0.1) is 0 Å². The molecule has 1 unspecified atom stereocenters. The smallest absolute Gasteiger partial charge is 0.255 e. The molecule has 1 fully saturated rings. The highest BCUT2D eigenvalue weighted by atomic mass is 79.9. The predicted molar refractivity (Wildman–Crippen MR) is 83.3 cm³/mol. The van der Waals surface area contributed by atoms with E-state index in [-0.39, 0.29) is 5.91 Å². The Balaban J connectivity index is 2.18. The van der Waals surface area contributed by atoms with Gasteiger partial charge >= 0.3 is 0 Å². The van der Waals surface area contributed by atoms with Crippen LogP contribution in [0.2, 0.25) is 0 Å². The maximum atomic E-state index is 12.7. The number of ether oxygens (including phenoxy) is 1. The molecule has 0 spiro atoms. The van der Waals surface area contributed by atoms with E-state index in [4.69, 9.17) is 4.74 Å². The molecule has 1 heterocycles. The van der Waals surface area contributed by atoms with Crippen molar-refractivity contribution in [3.63, 3.8) is 0 Å². The molecule has 1 aromatic rings. The molecule has 2 rings (SSSR count). The zero-order valence-corrected chi connectivity index (χ0v) is 13.8. The first-order valence-electron chi connectivity index (χ1n) is 6.82. The number of nitrogens with zero attached hydrogens (tertiary/aromatic N) is 2. The van der Waals surface area contributed by atoms with Crippen molar-refractivity contribution in [1.82, 2.24) is 9.80 Å². The number of halogens is 1. The number of methoxy groups -OCH3 is 1. The van der Waals surface area contributed by atoms with E-state index in [1.807, 2.05) is 17.0 Å². The number of rotatable bonds is 3. The number of benzene rings is 1. The van der Waals surface area contributed by atoms with Gasteiger partial charge in [-0.05, 0) is 61.1 Å². The van der Waals surface area contributed by atoms with Crippen molar-refractivity contribution >= 4 is 21.8 Å². The number of likely N-dealkylation sites (tertiary alicyclic amines) is 1. The predicted octanol–water partition coefficient (Wildman–Crippen LogP) is 2.62. The maximum Gasteiger partial charge on any atom is 0.255 e. The molecule has 1 amide bonds. The fourth-order valence-corrected chi connectivity index (χ4v) is 2.94. The number of piperidine rings is 1. The number of carbonyl (C=O) groups excluding carboxylic acids is 1. The van der Waals surface area contributed by atoms with Crippen LogP contribution < -0.4 is 4.74 Å². The minimum atomic E-state index is 0.0716. The molecule has 0 saturated carbocycles. The van der Waals surface area contributed by atoms with Crippen molar-refractivity contribution in [2.24, 2.45) is 0 Å². The Morgan fingerprint density at radius 2 is 2.20 bits per heavy atom. The van der Waals surface area contributed by atoms with Crippen molar-refractivity contribution < 1.29 is 9.53 Å². The third kappa shape index (κ3) is 3.33. The molecule has 1 saturated heterocycles. The fraction of sp³-hybridized carbons (Fsp3) is 0.533. The lowest BCUT2D eigenvalue weighted by Crippen LogP contribution is -2.47. The molecule has 1 aliphatic rings. The molecule has 1 aromatic carbocycles. The number of carbonyl (C=O) groups is 1. The van der Waals surface area contributed by atoms with Crippen molar-refractivity contribution in [1.29, 1.82) is 0 Å². The Morgan fingerprint density at radius 3 is 2.85 bits per heavy atom. The van der Waals surface area contributed by atoms with Crippen LogP contribution in [0.4, 0.5) is 0 Å². The van der Waals surface area contributed by atoms with Crippen molar-refractivity contribution in [2.45, 2.75) is 18.9 Å². The van der Waals surface area contributed by atoms with Crippen molar-refractivity contribution in [3.8, 4) is 5.75 Å². The van der Waals surface area contributed by atoms with Crippen LogP contribution in [0.15, 0.2) is 22.7 Å². The van der Waals surface area contributed by atoms with E-state index in [1.54, 1.807) is 13.2 Å². The van der Waals surface area contributed by atoms with Crippen LogP contribution in [0, 0.1) is 0 Å². The topological polar surface area (TPSA) is 32.8 Å². The Labute approximate surface area is 128 Å². The second-order valence-corrected chi connectivity index (χ2v) is 6.21. The Hall–Kier alpha value is -1.07. The summed E-state index contributed by atoms with van der Waals surface area (Å²) >= 11 is 3.46. The SMILES string of the molecule is COc1ccc(Br)c(C(=O)N2CCCC(N(C)C)C2)c1. The normalized spacial score (nSPS) is 19.2. The van der Waals surface area contributed by atoms with E-state index < -0.39 is 0 Å². The molecule has 1 aliphatic heterocycles. The standard InChI is InChI=1S/C15H21BrN2O2/c1-17(2)11-5-4-8-18(10-11)15(19)13-9-12(20-3)6-7-14(13)16/h6-7,9,11H,4-5,8,10H2,1-3H3.